The summed E-state index contributed by atoms with van der Waals surface area (Å²) in [6, 6.07) is 0. The number of rotatable bonds is 8. The molecule has 0 N–H and O–H groups in total. The molecule has 0 amide bonds. The van der Waals surface area contributed by atoms with Crippen LogP contribution in [0.5, 0.6) is 0 Å². The minimum atomic E-state index is 0.0721. The minimum Gasteiger partial charge on any atom is -0.379 e. The van der Waals surface area contributed by atoms with E-state index in [2.05, 4.69) is 6.92 Å². The summed E-state index contributed by atoms with van der Waals surface area (Å²) < 4.78 is 16.4. The number of hydrogen-bond donors (Lipinski definition) is 0. The molecule has 0 spiro atoms. The van der Waals surface area contributed by atoms with Gasteiger partial charge in [-0.2, -0.15) is 0 Å². The Labute approximate surface area is 97.0 Å². The van der Waals surface area contributed by atoms with Crippen molar-refractivity contribution in [3.63, 3.8) is 0 Å². The van der Waals surface area contributed by atoms with E-state index < -0.39 is 0 Å². The first-order valence-electron chi connectivity index (χ1n) is 5.74. The van der Waals surface area contributed by atoms with E-state index >= 15 is 0 Å². The molecule has 0 saturated heterocycles. The average Bonchev–Trinajstić information content (AvgIpc) is 2.24. The first-order valence-corrected chi connectivity index (χ1v) is 6.18. The van der Waals surface area contributed by atoms with Crippen LogP contribution in [0.3, 0.4) is 0 Å². The van der Waals surface area contributed by atoms with Gasteiger partial charge in [0.25, 0.3) is 0 Å². The summed E-state index contributed by atoms with van der Waals surface area (Å²) >= 11 is 6.01. The third kappa shape index (κ3) is 4.27. The summed E-state index contributed by atoms with van der Waals surface area (Å²) in [5, 5.41) is 0.117. The van der Waals surface area contributed by atoms with Crippen molar-refractivity contribution >= 4 is 11.6 Å². The molecule has 3 unspecified atom stereocenters. The van der Waals surface area contributed by atoms with E-state index in [1.807, 2.05) is 6.92 Å². The fraction of sp³-hybridized carbons (Fsp3) is 1.00. The van der Waals surface area contributed by atoms with Gasteiger partial charge >= 0.3 is 0 Å². The highest BCUT2D eigenvalue weighted by Crippen LogP contribution is 2.31. The highest BCUT2D eigenvalue weighted by atomic mass is 35.5. The molecule has 1 saturated carbocycles. The molecule has 1 aliphatic carbocycles. The van der Waals surface area contributed by atoms with Crippen LogP contribution in [-0.4, -0.2) is 44.0 Å². The summed E-state index contributed by atoms with van der Waals surface area (Å²) in [4.78, 5) is 0. The van der Waals surface area contributed by atoms with Gasteiger partial charge in [-0.15, -0.1) is 11.6 Å². The summed E-state index contributed by atoms with van der Waals surface area (Å²) in [5.41, 5.74) is 0. The standard InChI is InChI=1S/C11H21ClO3/c1-3-5-13-6-7-15-10-8-9(12)11(10)14-4-2/h9-11H,3-8H2,1-2H3. The van der Waals surface area contributed by atoms with Crippen molar-refractivity contribution in [3.05, 3.63) is 0 Å². The monoisotopic (exact) mass is 236 g/mol. The molecule has 3 nitrogen and oxygen atoms in total. The Hall–Kier alpha value is 0.170. The fourth-order valence-electron chi connectivity index (χ4n) is 1.60. The molecule has 1 aliphatic rings. The Balaban J connectivity index is 2.01. The molecule has 0 aromatic heterocycles. The molecule has 1 rings (SSSR count). The highest BCUT2D eigenvalue weighted by Gasteiger charge is 2.41. The van der Waals surface area contributed by atoms with Crippen LogP contribution >= 0.6 is 11.6 Å². The van der Waals surface area contributed by atoms with Crippen molar-refractivity contribution in [3.8, 4) is 0 Å². The molecule has 0 aliphatic heterocycles. The molecule has 0 aromatic rings. The van der Waals surface area contributed by atoms with Gasteiger partial charge in [0, 0.05) is 13.2 Å². The normalized spacial score (nSPS) is 30.2. The predicted octanol–water partition coefficient (Wildman–Crippen LogP) is 2.21. The van der Waals surface area contributed by atoms with Crippen LogP contribution in [0.4, 0.5) is 0 Å². The maximum atomic E-state index is 6.01. The van der Waals surface area contributed by atoms with Crippen molar-refractivity contribution in [1.82, 2.24) is 0 Å². The average molecular weight is 237 g/mol. The number of halogens is 1. The first-order chi connectivity index (χ1) is 7.29. The Morgan fingerprint density at radius 3 is 2.53 bits per heavy atom. The SMILES string of the molecule is CCCOCCOC1CC(Cl)C1OCC. The lowest BCUT2D eigenvalue weighted by molar-refractivity contribution is -0.129. The van der Waals surface area contributed by atoms with Gasteiger partial charge in [-0.25, -0.2) is 0 Å². The van der Waals surface area contributed by atoms with E-state index in [-0.39, 0.29) is 17.6 Å². The highest BCUT2D eigenvalue weighted by molar-refractivity contribution is 6.21. The third-order valence-corrected chi connectivity index (χ3v) is 2.87. The second-order valence-corrected chi connectivity index (χ2v) is 4.25. The molecule has 15 heavy (non-hydrogen) atoms. The maximum absolute atomic E-state index is 6.01. The first kappa shape index (κ1) is 13.2. The number of hydrogen-bond acceptors (Lipinski definition) is 3. The van der Waals surface area contributed by atoms with Gasteiger partial charge < -0.3 is 14.2 Å². The van der Waals surface area contributed by atoms with Gasteiger partial charge in [0.15, 0.2) is 0 Å². The topological polar surface area (TPSA) is 27.7 Å². The Kier molecular flexibility index (Phi) is 6.57. The molecule has 0 aromatic carbocycles. The lowest BCUT2D eigenvalue weighted by atomic mass is 9.91. The van der Waals surface area contributed by atoms with Crippen molar-refractivity contribution in [1.29, 1.82) is 0 Å². The molecule has 0 radical (unpaired) electrons. The van der Waals surface area contributed by atoms with Gasteiger partial charge in [-0.05, 0) is 19.8 Å². The quantitative estimate of drug-likeness (QED) is 0.478. The lowest BCUT2D eigenvalue weighted by Gasteiger charge is -2.40. The van der Waals surface area contributed by atoms with E-state index in [9.17, 15) is 0 Å². The fourth-order valence-corrected chi connectivity index (χ4v) is 2.01. The zero-order valence-corrected chi connectivity index (χ0v) is 10.3. The van der Waals surface area contributed by atoms with E-state index in [4.69, 9.17) is 25.8 Å². The second kappa shape index (κ2) is 7.44. The van der Waals surface area contributed by atoms with Crippen molar-refractivity contribution < 1.29 is 14.2 Å². The van der Waals surface area contributed by atoms with E-state index in [0.717, 1.165) is 19.4 Å². The molecular weight excluding hydrogens is 216 g/mol. The van der Waals surface area contributed by atoms with Crippen molar-refractivity contribution in [2.45, 2.75) is 44.3 Å². The Bertz CT molecular complexity index is 166. The Morgan fingerprint density at radius 1 is 1.13 bits per heavy atom. The maximum Gasteiger partial charge on any atom is 0.100 e. The third-order valence-electron chi connectivity index (χ3n) is 2.45. The zero-order valence-electron chi connectivity index (χ0n) is 9.58. The Morgan fingerprint density at radius 2 is 1.93 bits per heavy atom. The van der Waals surface area contributed by atoms with Crippen LogP contribution in [0.2, 0.25) is 0 Å². The molecule has 4 heteroatoms. The van der Waals surface area contributed by atoms with E-state index in [0.29, 0.717) is 19.8 Å². The summed E-state index contributed by atoms with van der Waals surface area (Å²) in [6.45, 7) is 6.87. The smallest absolute Gasteiger partial charge is 0.100 e. The predicted molar refractivity (Wildman–Crippen MR) is 60.5 cm³/mol. The van der Waals surface area contributed by atoms with Crippen LogP contribution in [0.1, 0.15) is 26.7 Å². The van der Waals surface area contributed by atoms with Gasteiger partial charge in [-0.1, -0.05) is 6.92 Å². The van der Waals surface area contributed by atoms with Gasteiger partial charge in [0.2, 0.25) is 0 Å². The lowest BCUT2D eigenvalue weighted by Crippen LogP contribution is -2.51. The van der Waals surface area contributed by atoms with Crippen LogP contribution in [0.15, 0.2) is 0 Å². The summed E-state index contributed by atoms with van der Waals surface area (Å²) in [6.07, 6.45) is 2.18. The van der Waals surface area contributed by atoms with Crippen molar-refractivity contribution in [2.75, 3.05) is 26.4 Å². The number of alkyl halides is 1. The van der Waals surface area contributed by atoms with Crippen LogP contribution in [0.25, 0.3) is 0 Å². The van der Waals surface area contributed by atoms with Gasteiger partial charge in [0.1, 0.15) is 6.10 Å². The molecule has 0 heterocycles. The van der Waals surface area contributed by atoms with E-state index in [1.165, 1.54) is 0 Å². The molecular formula is C11H21ClO3. The summed E-state index contributed by atoms with van der Waals surface area (Å²) in [5.74, 6) is 0. The minimum absolute atomic E-state index is 0.0721. The van der Waals surface area contributed by atoms with Crippen molar-refractivity contribution in [2.24, 2.45) is 0 Å². The molecule has 90 valence electrons. The molecule has 0 bridgehead atoms. The van der Waals surface area contributed by atoms with E-state index in [1.54, 1.807) is 0 Å². The number of ether oxygens (including phenoxy) is 3. The van der Waals surface area contributed by atoms with Gasteiger partial charge in [0.05, 0.1) is 24.7 Å². The molecule has 1 fully saturated rings. The van der Waals surface area contributed by atoms with Crippen LogP contribution in [0, 0.1) is 0 Å². The van der Waals surface area contributed by atoms with Crippen LogP contribution < -0.4 is 0 Å². The van der Waals surface area contributed by atoms with Crippen LogP contribution in [-0.2, 0) is 14.2 Å². The largest absolute Gasteiger partial charge is 0.379 e. The van der Waals surface area contributed by atoms with Gasteiger partial charge in [-0.3, -0.25) is 0 Å². The summed E-state index contributed by atoms with van der Waals surface area (Å²) in [7, 11) is 0. The second-order valence-electron chi connectivity index (χ2n) is 3.69. The zero-order chi connectivity index (χ0) is 11.1. The molecule has 3 atom stereocenters.